The first-order valence-electron chi connectivity index (χ1n) is 8.20. The predicted molar refractivity (Wildman–Crippen MR) is 80.8 cm³/mol. The highest BCUT2D eigenvalue weighted by atomic mass is 16.1. The lowest BCUT2D eigenvalue weighted by Crippen LogP contribution is -2.42. The van der Waals surface area contributed by atoms with Crippen molar-refractivity contribution in [2.24, 2.45) is 17.3 Å². The molecule has 0 N–H and O–H groups in total. The minimum atomic E-state index is -0.0501. The quantitative estimate of drug-likeness (QED) is 0.720. The van der Waals surface area contributed by atoms with E-state index in [2.05, 4.69) is 19.1 Å². The maximum absolute atomic E-state index is 12.3. The fraction of sp³-hybridized carbons (Fsp3) is 0.579. The van der Waals surface area contributed by atoms with E-state index in [0.29, 0.717) is 23.5 Å². The van der Waals surface area contributed by atoms with Crippen molar-refractivity contribution in [2.75, 3.05) is 0 Å². The molecule has 3 aliphatic rings. The highest BCUT2D eigenvalue weighted by Crippen LogP contribution is 2.59. The fourth-order valence-electron chi connectivity index (χ4n) is 5.49. The lowest BCUT2D eigenvalue weighted by Gasteiger charge is -2.48. The Labute approximate surface area is 126 Å². The van der Waals surface area contributed by atoms with Crippen LogP contribution < -0.4 is 0 Å². The van der Waals surface area contributed by atoms with Gasteiger partial charge < -0.3 is 0 Å². The molecule has 1 aromatic carbocycles. The SMILES string of the molecule is C[C@]12CCC3c4cccc(C#N)c4CCC3C1CCC2=O. The maximum atomic E-state index is 12.3. The van der Waals surface area contributed by atoms with E-state index in [1.807, 2.05) is 12.1 Å². The smallest absolute Gasteiger partial charge is 0.139 e. The van der Waals surface area contributed by atoms with E-state index in [9.17, 15) is 10.1 Å². The van der Waals surface area contributed by atoms with Crippen molar-refractivity contribution in [3.63, 3.8) is 0 Å². The molecule has 2 nitrogen and oxygen atoms in total. The number of ketones is 1. The Bertz CT molecular complexity index is 656. The molecule has 21 heavy (non-hydrogen) atoms. The zero-order chi connectivity index (χ0) is 14.6. The van der Waals surface area contributed by atoms with E-state index < -0.39 is 0 Å². The van der Waals surface area contributed by atoms with E-state index in [4.69, 9.17) is 0 Å². The predicted octanol–water partition coefficient (Wildman–Crippen LogP) is 3.98. The molecule has 3 unspecified atom stereocenters. The number of nitrogens with zero attached hydrogens (tertiary/aromatic N) is 1. The zero-order valence-electron chi connectivity index (χ0n) is 12.6. The molecule has 0 amide bonds. The van der Waals surface area contributed by atoms with Crippen molar-refractivity contribution in [1.82, 2.24) is 0 Å². The zero-order valence-corrected chi connectivity index (χ0v) is 12.6. The Kier molecular flexibility index (Phi) is 2.76. The number of fused-ring (bicyclic) bond motifs is 5. The summed E-state index contributed by atoms with van der Waals surface area (Å²) in [7, 11) is 0. The van der Waals surface area contributed by atoms with Crippen LogP contribution in [0, 0.1) is 28.6 Å². The molecule has 0 heterocycles. The monoisotopic (exact) mass is 279 g/mol. The van der Waals surface area contributed by atoms with Gasteiger partial charge in [-0.05, 0) is 67.1 Å². The molecule has 2 heteroatoms. The third kappa shape index (κ3) is 1.67. The lowest BCUT2D eigenvalue weighted by molar-refractivity contribution is -0.129. The molecule has 4 rings (SSSR count). The van der Waals surface area contributed by atoms with Crippen molar-refractivity contribution in [3.8, 4) is 6.07 Å². The van der Waals surface area contributed by atoms with Gasteiger partial charge in [-0.1, -0.05) is 19.1 Å². The van der Waals surface area contributed by atoms with Crippen LogP contribution in [0.15, 0.2) is 18.2 Å². The number of rotatable bonds is 0. The van der Waals surface area contributed by atoms with Gasteiger partial charge in [0.2, 0.25) is 0 Å². The van der Waals surface area contributed by atoms with Gasteiger partial charge in [-0.25, -0.2) is 0 Å². The van der Waals surface area contributed by atoms with Crippen LogP contribution in [0.25, 0.3) is 0 Å². The number of nitriles is 1. The second-order valence-corrected chi connectivity index (χ2v) is 7.32. The Morgan fingerprint density at radius 1 is 1.24 bits per heavy atom. The van der Waals surface area contributed by atoms with Gasteiger partial charge in [0.25, 0.3) is 0 Å². The van der Waals surface area contributed by atoms with Gasteiger partial charge in [-0.3, -0.25) is 4.79 Å². The summed E-state index contributed by atoms with van der Waals surface area (Å²) in [5.74, 6) is 2.30. The minimum Gasteiger partial charge on any atom is -0.299 e. The molecule has 0 bridgehead atoms. The molecular formula is C19H21NO. The Morgan fingerprint density at radius 2 is 2.10 bits per heavy atom. The first-order chi connectivity index (χ1) is 10.1. The fourth-order valence-corrected chi connectivity index (χ4v) is 5.49. The van der Waals surface area contributed by atoms with Gasteiger partial charge in [0, 0.05) is 11.8 Å². The van der Waals surface area contributed by atoms with Crippen LogP contribution in [-0.4, -0.2) is 5.78 Å². The molecule has 4 atom stereocenters. The number of Topliss-reactive ketones (excluding diaryl/α,β-unsaturated/α-hetero) is 1. The second-order valence-electron chi connectivity index (χ2n) is 7.32. The van der Waals surface area contributed by atoms with Crippen molar-refractivity contribution in [1.29, 1.82) is 5.26 Å². The van der Waals surface area contributed by atoms with Gasteiger partial charge >= 0.3 is 0 Å². The summed E-state index contributed by atoms with van der Waals surface area (Å²) in [6, 6.07) is 8.57. The summed E-state index contributed by atoms with van der Waals surface area (Å²) in [6.45, 7) is 2.21. The van der Waals surface area contributed by atoms with Crippen molar-refractivity contribution in [2.45, 2.75) is 51.4 Å². The van der Waals surface area contributed by atoms with Crippen LogP contribution in [0.5, 0.6) is 0 Å². The van der Waals surface area contributed by atoms with Crippen LogP contribution in [0.1, 0.15) is 61.6 Å². The number of carbonyl (C=O) groups is 1. The average molecular weight is 279 g/mol. The number of carbonyl (C=O) groups excluding carboxylic acids is 1. The van der Waals surface area contributed by atoms with Crippen LogP contribution in [0.2, 0.25) is 0 Å². The van der Waals surface area contributed by atoms with E-state index in [1.165, 1.54) is 11.1 Å². The first kappa shape index (κ1) is 13.1. The van der Waals surface area contributed by atoms with Gasteiger partial charge in [0.15, 0.2) is 0 Å². The molecule has 3 aliphatic carbocycles. The summed E-state index contributed by atoms with van der Waals surface area (Å²) in [6.07, 6.45) is 6.20. The Morgan fingerprint density at radius 3 is 2.90 bits per heavy atom. The molecule has 0 aliphatic heterocycles. The second kappa shape index (κ2) is 4.44. The highest BCUT2D eigenvalue weighted by molar-refractivity contribution is 5.87. The molecule has 0 radical (unpaired) electrons. The third-order valence-electron chi connectivity index (χ3n) is 6.61. The highest BCUT2D eigenvalue weighted by Gasteiger charge is 2.54. The summed E-state index contributed by atoms with van der Waals surface area (Å²) in [5, 5.41) is 9.32. The van der Waals surface area contributed by atoms with E-state index >= 15 is 0 Å². The molecule has 108 valence electrons. The van der Waals surface area contributed by atoms with Crippen LogP contribution in [0.3, 0.4) is 0 Å². The van der Waals surface area contributed by atoms with Gasteiger partial charge in [-0.2, -0.15) is 5.26 Å². The number of hydrogen-bond acceptors (Lipinski definition) is 2. The maximum Gasteiger partial charge on any atom is 0.139 e. The summed E-state index contributed by atoms with van der Waals surface area (Å²) in [5.41, 5.74) is 3.51. The third-order valence-corrected chi connectivity index (χ3v) is 6.61. The summed E-state index contributed by atoms with van der Waals surface area (Å²) < 4.78 is 0. The van der Waals surface area contributed by atoms with Crippen molar-refractivity contribution >= 4 is 5.78 Å². The largest absolute Gasteiger partial charge is 0.299 e. The minimum absolute atomic E-state index is 0.0501. The molecule has 2 fully saturated rings. The van der Waals surface area contributed by atoms with Crippen molar-refractivity contribution < 1.29 is 4.79 Å². The molecule has 2 saturated carbocycles. The van der Waals surface area contributed by atoms with E-state index in [-0.39, 0.29) is 5.41 Å². The average Bonchev–Trinajstić information content (AvgIpc) is 2.82. The Balaban J connectivity index is 1.76. The topological polar surface area (TPSA) is 40.9 Å². The van der Waals surface area contributed by atoms with Crippen LogP contribution in [-0.2, 0) is 11.2 Å². The van der Waals surface area contributed by atoms with Gasteiger partial charge in [0.1, 0.15) is 5.78 Å². The van der Waals surface area contributed by atoms with Crippen LogP contribution in [0.4, 0.5) is 0 Å². The molecule has 1 aromatic rings. The molecule has 0 saturated heterocycles. The van der Waals surface area contributed by atoms with Gasteiger partial charge in [-0.15, -0.1) is 0 Å². The normalized spacial score (nSPS) is 37.3. The van der Waals surface area contributed by atoms with E-state index in [0.717, 1.165) is 44.1 Å². The first-order valence-corrected chi connectivity index (χ1v) is 8.20. The van der Waals surface area contributed by atoms with Crippen molar-refractivity contribution in [3.05, 3.63) is 34.9 Å². The van der Waals surface area contributed by atoms with E-state index in [1.54, 1.807) is 0 Å². The molecule has 0 aromatic heterocycles. The molecular weight excluding hydrogens is 258 g/mol. The lowest BCUT2D eigenvalue weighted by atomic mass is 9.55. The molecule has 0 spiro atoms. The standard InChI is InChI=1S/C19H21NO/c1-19-10-9-15-14-4-2-3-12(11-20)13(14)5-6-16(15)17(19)7-8-18(19)21/h2-4,15-17H,5-10H2,1H3/t15?,16?,17?,19-/m0/s1. The summed E-state index contributed by atoms with van der Waals surface area (Å²) in [4.78, 5) is 12.3. The Hall–Kier alpha value is -1.62. The van der Waals surface area contributed by atoms with Gasteiger partial charge in [0.05, 0.1) is 11.6 Å². The number of benzene rings is 1. The summed E-state index contributed by atoms with van der Waals surface area (Å²) >= 11 is 0. The number of hydrogen-bond donors (Lipinski definition) is 0. The van der Waals surface area contributed by atoms with Crippen LogP contribution >= 0.6 is 0 Å².